The number of carbonyl (C=O) groups excluding carboxylic acids is 1. The lowest BCUT2D eigenvalue weighted by Crippen LogP contribution is -2.30. The number of nitrogens with zero attached hydrogens (tertiary/aromatic N) is 1. The van der Waals surface area contributed by atoms with Gasteiger partial charge in [0, 0.05) is 30.2 Å². The molecule has 0 bridgehead atoms. The van der Waals surface area contributed by atoms with E-state index in [1.54, 1.807) is 4.90 Å². The highest BCUT2D eigenvalue weighted by Crippen LogP contribution is 2.03. The third kappa shape index (κ3) is 6.21. The van der Waals surface area contributed by atoms with Crippen molar-refractivity contribution in [2.24, 2.45) is 0 Å². The zero-order valence-electron chi connectivity index (χ0n) is 8.49. The largest absolute Gasteiger partial charge is 0.343 e. The van der Waals surface area contributed by atoms with Gasteiger partial charge in [0.2, 0.25) is 15.0 Å². The smallest absolute Gasteiger partial charge is 0.232 e. The van der Waals surface area contributed by atoms with E-state index < -0.39 is 9.05 Å². The van der Waals surface area contributed by atoms with Gasteiger partial charge in [-0.2, -0.15) is 0 Å². The van der Waals surface area contributed by atoms with E-state index in [1.807, 2.05) is 13.8 Å². The van der Waals surface area contributed by atoms with E-state index >= 15 is 0 Å². The molecule has 0 aliphatic heterocycles. The second-order valence-corrected chi connectivity index (χ2v) is 5.81. The molecule has 0 aromatic carbocycles. The van der Waals surface area contributed by atoms with Gasteiger partial charge in [0.05, 0.1) is 5.75 Å². The first kappa shape index (κ1) is 13.7. The molecule has 0 aromatic rings. The summed E-state index contributed by atoms with van der Waals surface area (Å²) in [6.45, 7) is 5.09. The third-order valence-corrected chi connectivity index (χ3v) is 3.13. The lowest BCUT2D eigenvalue weighted by molar-refractivity contribution is -0.130. The van der Waals surface area contributed by atoms with E-state index in [-0.39, 0.29) is 18.1 Å². The molecule has 1 amide bonds. The molecule has 84 valence electrons. The zero-order chi connectivity index (χ0) is 11.2. The van der Waals surface area contributed by atoms with Crippen molar-refractivity contribution in [2.45, 2.75) is 26.7 Å². The monoisotopic (exact) mass is 241 g/mol. The summed E-state index contributed by atoms with van der Waals surface area (Å²) in [4.78, 5) is 13.0. The summed E-state index contributed by atoms with van der Waals surface area (Å²) in [6, 6.07) is 0. The van der Waals surface area contributed by atoms with Gasteiger partial charge in [-0.3, -0.25) is 4.79 Å². The van der Waals surface area contributed by atoms with E-state index in [2.05, 4.69) is 0 Å². The van der Waals surface area contributed by atoms with Gasteiger partial charge >= 0.3 is 0 Å². The van der Waals surface area contributed by atoms with Gasteiger partial charge in [0.25, 0.3) is 0 Å². The van der Waals surface area contributed by atoms with Crippen LogP contribution < -0.4 is 0 Å². The number of rotatable bonds is 6. The highest BCUT2D eigenvalue weighted by molar-refractivity contribution is 8.13. The number of halogens is 1. The maximum atomic E-state index is 11.4. The van der Waals surface area contributed by atoms with E-state index in [4.69, 9.17) is 10.7 Å². The maximum absolute atomic E-state index is 11.4. The SMILES string of the molecule is CCN(CC)C(=O)CCCS(=O)(=O)Cl. The van der Waals surface area contributed by atoms with E-state index in [9.17, 15) is 13.2 Å². The summed E-state index contributed by atoms with van der Waals surface area (Å²) in [7, 11) is 1.55. The Morgan fingerprint density at radius 3 is 2.14 bits per heavy atom. The highest BCUT2D eigenvalue weighted by atomic mass is 35.7. The van der Waals surface area contributed by atoms with Gasteiger partial charge in [-0.05, 0) is 20.3 Å². The standard InChI is InChI=1S/C8H16ClNO3S/c1-3-10(4-2)8(11)6-5-7-14(9,12)13/h3-7H2,1-2H3. The van der Waals surface area contributed by atoms with Gasteiger partial charge < -0.3 is 4.90 Å². The van der Waals surface area contributed by atoms with Crippen LogP contribution in [0.1, 0.15) is 26.7 Å². The molecule has 0 saturated carbocycles. The Morgan fingerprint density at radius 2 is 1.79 bits per heavy atom. The topological polar surface area (TPSA) is 54.5 Å². The average Bonchev–Trinajstić information content (AvgIpc) is 2.04. The lowest BCUT2D eigenvalue weighted by atomic mass is 10.3. The van der Waals surface area contributed by atoms with Crippen LogP contribution in [-0.2, 0) is 13.8 Å². The molecule has 0 aliphatic carbocycles. The fourth-order valence-corrected chi connectivity index (χ4v) is 1.95. The molecule has 6 heteroatoms. The minimum atomic E-state index is -3.46. The summed E-state index contributed by atoms with van der Waals surface area (Å²) in [5.41, 5.74) is 0. The fraction of sp³-hybridized carbons (Fsp3) is 0.875. The normalized spacial score (nSPS) is 11.4. The molecule has 0 rings (SSSR count). The zero-order valence-corrected chi connectivity index (χ0v) is 10.1. The van der Waals surface area contributed by atoms with Crippen LogP contribution in [0.25, 0.3) is 0 Å². The number of amides is 1. The predicted molar refractivity (Wildman–Crippen MR) is 56.8 cm³/mol. The highest BCUT2D eigenvalue weighted by Gasteiger charge is 2.11. The molecule has 0 N–H and O–H groups in total. The van der Waals surface area contributed by atoms with Crippen molar-refractivity contribution < 1.29 is 13.2 Å². The molecule has 0 spiro atoms. The van der Waals surface area contributed by atoms with E-state index in [0.29, 0.717) is 19.5 Å². The van der Waals surface area contributed by atoms with Crippen LogP contribution in [-0.4, -0.2) is 38.1 Å². The van der Waals surface area contributed by atoms with Crippen molar-refractivity contribution in [1.82, 2.24) is 4.90 Å². The second kappa shape index (κ2) is 6.24. The van der Waals surface area contributed by atoms with Crippen molar-refractivity contribution in [3.63, 3.8) is 0 Å². The summed E-state index contributed by atoms with van der Waals surface area (Å²) >= 11 is 0. The Kier molecular flexibility index (Phi) is 6.11. The van der Waals surface area contributed by atoms with Crippen LogP contribution in [0, 0.1) is 0 Å². The minimum Gasteiger partial charge on any atom is -0.343 e. The minimum absolute atomic E-state index is 0.0182. The van der Waals surface area contributed by atoms with Crippen LogP contribution in [0.5, 0.6) is 0 Å². The van der Waals surface area contributed by atoms with Gasteiger partial charge in [0.1, 0.15) is 0 Å². The molecule has 0 unspecified atom stereocenters. The van der Waals surface area contributed by atoms with Crippen molar-refractivity contribution >= 4 is 25.6 Å². The van der Waals surface area contributed by atoms with Crippen molar-refractivity contribution in [3.05, 3.63) is 0 Å². The van der Waals surface area contributed by atoms with Crippen LogP contribution in [0.4, 0.5) is 0 Å². The quantitative estimate of drug-likeness (QED) is 0.657. The van der Waals surface area contributed by atoms with E-state index in [0.717, 1.165) is 0 Å². The van der Waals surface area contributed by atoms with Gasteiger partial charge in [-0.15, -0.1) is 0 Å². The Hall–Kier alpha value is -0.290. The van der Waals surface area contributed by atoms with E-state index in [1.165, 1.54) is 0 Å². The molecule has 0 aliphatic rings. The molecular formula is C8H16ClNO3S. The molecule has 14 heavy (non-hydrogen) atoms. The van der Waals surface area contributed by atoms with Crippen molar-refractivity contribution in [2.75, 3.05) is 18.8 Å². The molecule has 0 fully saturated rings. The first-order chi connectivity index (χ1) is 6.40. The van der Waals surface area contributed by atoms with Crippen LogP contribution >= 0.6 is 10.7 Å². The Bertz CT molecular complexity index is 272. The maximum Gasteiger partial charge on any atom is 0.232 e. The Balaban J connectivity index is 3.85. The molecule has 0 aromatic heterocycles. The Morgan fingerprint density at radius 1 is 1.29 bits per heavy atom. The van der Waals surface area contributed by atoms with Crippen molar-refractivity contribution in [1.29, 1.82) is 0 Å². The molecule has 0 atom stereocenters. The number of hydrogen-bond donors (Lipinski definition) is 0. The summed E-state index contributed by atoms with van der Waals surface area (Å²) in [6.07, 6.45) is 0.537. The van der Waals surface area contributed by atoms with Gasteiger partial charge in [-0.1, -0.05) is 0 Å². The molecule has 0 radical (unpaired) electrons. The second-order valence-electron chi connectivity index (χ2n) is 2.91. The number of hydrogen-bond acceptors (Lipinski definition) is 3. The van der Waals surface area contributed by atoms with Crippen LogP contribution in [0.2, 0.25) is 0 Å². The Labute approximate surface area is 89.6 Å². The fourth-order valence-electron chi connectivity index (χ4n) is 1.13. The third-order valence-electron chi connectivity index (χ3n) is 1.89. The summed E-state index contributed by atoms with van der Waals surface area (Å²) in [5.74, 6) is -0.156. The first-order valence-electron chi connectivity index (χ1n) is 4.60. The van der Waals surface area contributed by atoms with Gasteiger partial charge in [0.15, 0.2) is 0 Å². The molecular weight excluding hydrogens is 226 g/mol. The molecule has 0 heterocycles. The van der Waals surface area contributed by atoms with Crippen molar-refractivity contribution in [3.8, 4) is 0 Å². The molecule has 4 nitrogen and oxygen atoms in total. The lowest BCUT2D eigenvalue weighted by Gasteiger charge is -2.18. The van der Waals surface area contributed by atoms with Gasteiger partial charge in [-0.25, -0.2) is 8.42 Å². The number of carbonyl (C=O) groups is 1. The average molecular weight is 242 g/mol. The first-order valence-corrected chi connectivity index (χ1v) is 7.08. The molecule has 0 saturated heterocycles. The summed E-state index contributed by atoms with van der Waals surface area (Å²) < 4.78 is 21.1. The summed E-state index contributed by atoms with van der Waals surface area (Å²) in [5, 5.41) is 0. The van der Waals surface area contributed by atoms with Crippen LogP contribution in [0.15, 0.2) is 0 Å². The van der Waals surface area contributed by atoms with Crippen LogP contribution in [0.3, 0.4) is 0 Å². The predicted octanol–water partition coefficient (Wildman–Crippen LogP) is 1.20.